The van der Waals surface area contributed by atoms with Crippen molar-refractivity contribution < 1.29 is 13.9 Å². The van der Waals surface area contributed by atoms with Crippen molar-refractivity contribution in [3.8, 4) is 5.75 Å². The van der Waals surface area contributed by atoms with E-state index in [0.717, 1.165) is 16.9 Å². The maximum Gasteiger partial charge on any atom is 0.237 e. The molecule has 0 radical (unpaired) electrons. The third kappa shape index (κ3) is 5.56. The molecule has 0 bridgehead atoms. The molecule has 2 aromatic carbocycles. The van der Waals surface area contributed by atoms with Gasteiger partial charge in [0.15, 0.2) is 0 Å². The summed E-state index contributed by atoms with van der Waals surface area (Å²) in [5, 5.41) is 2.98. The predicted octanol–water partition coefficient (Wildman–Crippen LogP) is 3.92. The first-order chi connectivity index (χ1) is 12.4. The van der Waals surface area contributed by atoms with Crippen LogP contribution in [0.2, 0.25) is 0 Å². The highest BCUT2D eigenvalue weighted by molar-refractivity contribution is 5.81. The topological polar surface area (TPSA) is 41.6 Å². The van der Waals surface area contributed by atoms with E-state index in [2.05, 4.69) is 5.32 Å². The minimum Gasteiger partial charge on any atom is -0.494 e. The Hall–Kier alpha value is -2.40. The lowest BCUT2D eigenvalue weighted by atomic mass is 10.1. The fourth-order valence-corrected chi connectivity index (χ4v) is 2.65. The Labute approximate surface area is 155 Å². The molecule has 0 spiro atoms. The highest BCUT2D eigenvalue weighted by Gasteiger charge is 2.20. The van der Waals surface area contributed by atoms with E-state index in [-0.39, 0.29) is 23.8 Å². The van der Waals surface area contributed by atoms with Crippen LogP contribution in [0.25, 0.3) is 0 Å². The van der Waals surface area contributed by atoms with Crippen LogP contribution in [0.1, 0.15) is 37.9 Å². The Morgan fingerprint density at radius 1 is 1.12 bits per heavy atom. The number of halogens is 1. The van der Waals surface area contributed by atoms with Crippen molar-refractivity contribution in [3.63, 3.8) is 0 Å². The summed E-state index contributed by atoms with van der Waals surface area (Å²) in [6.45, 7) is 7.02. The first kappa shape index (κ1) is 19.9. The number of carbonyl (C=O) groups excluding carboxylic acids is 1. The number of ether oxygens (including phenoxy) is 1. The number of benzene rings is 2. The Kier molecular flexibility index (Phi) is 7.16. The number of hydrogen-bond donors (Lipinski definition) is 1. The van der Waals surface area contributed by atoms with Crippen molar-refractivity contribution >= 4 is 5.91 Å². The molecule has 2 atom stereocenters. The molecule has 26 heavy (non-hydrogen) atoms. The molecule has 0 saturated heterocycles. The number of rotatable bonds is 8. The second kappa shape index (κ2) is 9.34. The van der Waals surface area contributed by atoms with Gasteiger partial charge in [0.1, 0.15) is 11.6 Å². The quantitative estimate of drug-likeness (QED) is 0.778. The van der Waals surface area contributed by atoms with Crippen LogP contribution in [0.3, 0.4) is 0 Å². The maximum atomic E-state index is 13.0. The van der Waals surface area contributed by atoms with Gasteiger partial charge in [0.05, 0.1) is 18.7 Å². The summed E-state index contributed by atoms with van der Waals surface area (Å²) in [4.78, 5) is 14.5. The summed E-state index contributed by atoms with van der Waals surface area (Å²) >= 11 is 0. The zero-order valence-corrected chi connectivity index (χ0v) is 15.8. The van der Waals surface area contributed by atoms with Crippen molar-refractivity contribution in [3.05, 3.63) is 65.5 Å². The second-order valence-corrected chi connectivity index (χ2v) is 6.45. The number of hydrogen-bond acceptors (Lipinski definition) is 3. The van der Waals surface area contributed by atoms with Crippen molar-refractivity contribution in [2.75, 3.05) is 13.7 Å². The SMILES string of the molecule is CCOc1ccc(CN(C)C(C)C(=O)NC(C)c2ccc(F)cc2)cc1. The van der Waals surface area contributed by atoms with Crippen LogP contribution in [0.5, 0.6) is 5.75 Å². The van der Waals surface area contributed by atoms with E-state index < -0.39 is 0 Å². The van der Waals surface area contributed by atoms with Crippen molar-refractivity contribution in [2.24, 2.45) is 0 Å². The molecule has 2 aromatic rings. The minimum atomic E-state index is -0.288. The summed E-state index contributed by atoms with van der Waals surface area (Å²) in [6.07, 6.45) is 0. The summed E-state index contributed by atoms with van der Waals surface area (Å²) in [5.74, 6) is 0.504. The molecule has 2 unspecified atom stereocenters. The number of nitrogens with zero attached hydrogens (tertiary/aromatic N) is 1. The van der Waals surface area contributed by atoms with E-state index in [1.54, 1.807) is 12.1 Å². The standard InChI is InChI=1S/C21H27FN2O2/c1-5-26-20-12-6-17(7-13-20)14-24(4)16(3)21(25)23-15(2)18-8-10-19(22)11-9-18/h6-13,15-16H,5,14H2,1-4H3,(H,23,25). The molecule has 0 aliphatic carbocycles. The lowest BCUT2D eigenvalue weighted by molar-refractivity contribution is -0.126. The third-order valence-electron chi connectivity index (χ3n) is 4.44. The molecule has 140 valence electrons. The number of likely N-dealkylation sites (N-methyl/N-ethyl adjacent to an activating group) is 1. The lowest BCUT2D eigenvalue weighted by Gasteiger charge is -2.26. The number of carbonyl (C=O) groups is 1. The fraction of sp³-hybridized carbons (Fsp3) is 0.381. The van der Waals surface area contributed by atoms with E-state index in [1.807, 2.05) is 57.0 Å². The molecular weight excluding hydrogens is 331 g/mol. The fourth-order valence-electron chi connectivity index (χ4n) is 2.65. The van der Waals surface area contributed by atoms with Gasteiger partial charge in [-0.2, -0.15) is 0 Å². The van der Waals surface area contributed by atoms with E-state index in [0.29, 0.717) is 13.2 Å². The normalized spacial score (nSPS) is 13.3. The van der Waals surface area contributed by atoms with E-state index >= 15 is 0 Å². The van der Waals surface area contributed by atoms with E-state index in [4.69, 9.17) is 4.74 Å². The van der Waals surface area contributed by atoms with Gasteiger partial charge in [-0.25, -0.2) is 4.39 Å². The zero-order valence-electron chi connectivity index (χ0n) is 15.8. The van der Waals surface area contributed by atoms with Gasteiger partial charge < -0.3 is 10.1 Å². The first-order valence-corrected chi connectivity index (χ1v) is 8.88. The van der Waals surface area contributed by atoms with Gasteiger partial charge in [0.25, 0.3) is 0 Å². The summed E-state index contributed by atoms with van der Waals surface area (Å²) in [5.41, 5.74) is 1.99. The van der Waals surface area contributed by atoms with Gasteiger partial charge in [-0.3, -0.25) is 9.69 Å². The zero-order chi connectivity index (χ0) is 19.1. The predicted molar refractivity (Wildman–Crippen MR) is 101 cm³/mol. The van der Waals surface area contributed by atoms with Crippen LogP contribution in [-0.4, -0.2) is 30.5 Å². The molecule has 0 aliphatic heterocycles. The summed E-state index contributed by atoms with van der Waals surface area (Å²) in [6, 6.07) is 13.6. The molecular formula is C21H27FN2O2. The Bertz CT molecular complexity index is 701. The smallest absolute Gasteiger partial charge is 0.237 e. The van der Waals surface area contributed by atoms with Crippen LogP contribution < -0.4 is 10.1 Å². The first-order valence-electron chi connectivity index (χ1n) is 8.88. The molecule has 1 amide bonds. The van der Waals surface area contributed by atoms with Gasteiger partial charge >= 0.3 is 0 Å². The van der Waals surface area contributed by atoms with Crippen LogP contribution in [-0.2, 0) is 11.3 Å². The van der Waals surface area contributed by atoms with Gasteiger partial charge in [-0.15, -0.1) is 0 Å². The van der Waals surface area contributed by atoms with Gasteiger partial charge in [-0.1, -0.05) is 24.3 Å². The Morgan fingerprint density at radius 2 is 1.73 bits per heavy atom. The summed E-state index contributed by atoms with van der Waals surface area (Å²) in [7, 11) is 1.92. The molecule has 2 rings (SSSR count). The van der Waals surface area contributed by atoms with Gasteiger partial charge in [-0.05, 0) is 63.2 Å². The number of amides is 1. The highest BCUT2D eigenvalue weighted by atomic mass is 19.1. The van der Waals surface area contributed by atoms with Gasteiger partial charge in [0, 0.05) is 6.54 Å². The van der Waals surface area contributed by atoms with Crippen LogP contribution in [0.4, 0.5) is 4.39 Å². The average Bonchev–Trinajstić information content (AvgIpc) is 2.63. The maximum absolute atomic E-state index is 13.0. The molecule has 0 aromatic heterocycles. The third-order valence-corrected chi connectivity index (χ3v) is 4.44. The van der Waals surface area contributed by atoms with Crippen LogP contribution >= 0.6 is 0 Å². The molecule has 5 heteroatoms. The van der Waals surface area contributed by atoms with Gasteiger partial charge in [0.2, 0.25) is 5.91 Å². The van der Waals surface area contributed by atoms with Crippen molar-refractivity contribution in [1.82, 2.24) is 10.2 Å². The highest BCUT2D eigenvalue weighted by Crippen LogP contribution is 2.16. The Balaban J connectivity index is 1.90. The second-order valence-electron chi connectivity index (χ2n) is 6.45. The van der Waals surface area contributed by atoms with Crippen LogP contribution in [0, 0.1) is 5.82 Å². The van der Waals surface area contributed by atoms with Crippen molar-refractivity contribution in [2.45, 2.75) is 39.4 Å². The van der Waals surface area contributed by atoms with E-state index in [9.17, 15) is 9.18 Å². The molecule has 0 heterocycles. The van der Waals surface area contributed by atoms with E-state index in [1.165, 1.54) is 12.1 Å². The lowest BCUT2D eigenvalue weighted by Crippen LogP contribution is -2.43. The monoisotopic (exact) mass is 358 g/mol. The van der Waals surface area contributed by atoms with Crippen LogP contribution in [0.15, 0.2) is 48.5 Å². The molecule has 1 N–H and O–H groups in total. The van der Waals surface area contributed by atoms with Crippen molar-refractivity contribution in [1.29, 1.82) is 0 Å². The molecule has 4 nitrogen and oxygen atoms in total. The summed E-state index contributed by atoms with van der Waals surface area (Å²) < 4.78 is 18.5. The Morgan fingerprint density at radius 3 is 2.31 bits per heavy atom. The average molecular weight is 358 g/mol. The minimum absolute atomic E-state index is 0.0599. The molecule has 0 aliphatic rings. The largest absolute Gasteiger partial charge is 0.494 e. The molecule has 0 fully saturated rings. The number of nitrogens with one attached hydrogen (secondary N) is 1. The molecule has 0 saturated carbocycles.